The van der Waals surface area contributed by atoms with Crippen LogP contribution in [0.2, 0.25) is 0 Å². The van der Waals surface area contributed by atoms with Crippen LogP contribution >= 0.6 is 11.8 Å². The molecule has 3 aliphatic rings. The molecular formula is C54H37N3S. The molecule has 58 heavy (non-hydrogen) atoms. The molecule has 1 aromatic heterocycles. The van der Waals surface area contributed by atoms with Crippen LogP contribution in [0, 0.1) is 0 Å². The summed E-state index contributed by atoms with van der Waals surface area (Å²) in [5.41, 5.74) is 14.2. The molecule has 1 unspecified atom stereocenters. The second kappa shape index (κ2) is 13.0. The van der Waals surface area contributed by atoms with E-state index in [0.717, 1.165) is 11.5 Å². The highest BCUT2D eigenvalue weighted by Crippen LogP contribution is 2.64. The van der Waals surface area contributed by atoms with E-state index >= 15 is 0 Å². The topological polar surface area (TPSA) is 20.2 Å². The fourth-order valence-corrected chi connectivity index (χ4v) is 11.2. The van der Waals surface area contributed by atoms with Crippen molar-refractivity contribution < 1.29 is 0 Å². The van der Waals surface area contributed by atoms with Crippen molar-refractivity contribution in [1.82, 2.24) is 9.88 Å². The molecule has 12 rings (SSSR count). The molecule has 1 spiro atoms. The standard InChI is InChI=1S/C54H37N3S/c1-4-18-36(19-5-1)38-34-46(37-20-6-2-7-21-37)55-51(35-38)57-47-28-14-10-24-40(47)41-32-33-45-53(52(41)57)58-50-31-17-13-27-44(50)54(45)42-25-11-15-29-48(42)56(39-22-8-3-9-23-39)49-30-16-12-26-43(49)54/h1-35,46,55H. The Morgan fingerprint density at radius 3 is 1.84 bits per heavy atom. The number of hydrogen-bond donors (Lipinski definition) is 1. The largest absolute Gasteiger partial charge is 0.361 e. The molecule has 1 N–H and O–H groups in total. The fourth-order valence-electron chi connectivity index (χ4n) is 9.88. The number of anilines is 3. The molecule has 0 saturated heterocycles. The first-order valence-corrected chi connectivity index (χ1v) is 20.8. The Hall–Kier alpha value is -7.01. The van der Waals surface area contributed by atoms with E-state index in [-0.39, 0.29) is 6.04 Å². The third-order valence-corrected chi connectivity index (χ3v) is 13.5. The van der Waals surface area contributed by atoms with E-state index in [2.05, 4.69) is 227 Å². The van der Waals surface area contributed by atoms with Crippen molar-refractivity contribution in [2.45, 2.75) is 21.2 Å². The van der Waals surface area contributed by atoms with Gasteiger partial charge in [0.05, 0.1) is 33.9 Å². The van der Waals surface area contributed by atoms with Crippen LogP contribution in [0.4, 0.5) is 17.1 Å². The molecule has 3 aliphatic heterocycles. The van der Waals surface area contributed by atoms with E-state index in [0.29, 0.717) is 0 Å². The van der Waals surface area contributed by atoms with Gasteiger partial charge in [0, 0.05) is 26.3 Å². The maximum absolute atomic E-state index is 4.04. The number of nitrogens with one attached hydrogen (secondary N) is 1. The Bertz CT molecular complexity index is 3080. The number of nitrogens with zero attached hydrogens (tertiary/aromatic N) is 2. The molecular weight excluding hydrogens is 723 g/mol. The summed E-state index contributed by atoms with van der Waals surface area (Å²) in [7, 11) is 0. The Morgan fingerprint density at radius 2 is 1.10 bits per heavy atom. The second-order valence-electron chi connectivity index (χ2n) is 15.3. The lowest BCUT2D eigenvalue weighted by molar-refractivity contribution is 0.692. The van der Waals surface area contributed by atoms with Crippen LogP contribution in [0.25, 0.3) is 33.2 Å². The van der Waals surface area contributed by atoms with E-state index in [1.807, 2.05) is 11.8 Å². The van der Waals surface area contributed by atoms with Gasteiger partial charge < -0.3 is 10.2 Å². The molecule has 9 aromatic rings. The summed E-state index contributed by atoms with van der Waals surface area (Å²) in [4.78, 5) is 5.00. The zero-order valence-corrected chi connectivity index (χ0v) is 32.4. The van der Waals surface area contributed by atoms with E-state index in [1.54, 1.807) is 0 Å². The lowest BCUT2D eigenvalue weighted by Gasteiger charge is -2.49. The molecule has 0 bridgehead atoms. The fraction of sp³-hybridized carbons (Fsp3) is 0.0370. The Morgan fingerprint density at radius 1 is 0.500 bits per heavy atom. The van der Waals surface area contributed by atoms with Gasteiger partial charge in [-0.25, -0.2) is 0 Å². The van der Waals surface area contributed by atoms with Crippen molar-refractivity contribution in [1.29, 1.82) is 0 Å². The number of hydrogen-bond acceptors (Lipinski definition) is 3. The molecule has 0 amide bonds. The van der Waals surface area contributed by atoms with Crippen molar-refractivity contribution in [3.63, 3.8) is 0 Å². The van der Waals surface area contributed by atoms with Crippen LogP contribution in [-0.4, -0.2) is 4.57 Å². The van der Waals surface area contributed by atoms with Crippen LogP contribution in [0.5, 0.6) is 0 Å². The first kappa shape index (κ1) is 33.2. The third-order valence-electron chi connectivity index (χ3n) is 12.3. The van der Waals surface area contributed by atoms with E-state index < -0.39 is 5.41 Å². The number of dihydropyridines is 1. The molecule has 4 heteroatoms. The number of fused-ring (bicyclic) bond motifs is 12. The van der Waals surface area contributed by atoms with Gasteiger partial charge in [-0.3, -0.25) is 4.57 Å². The minimum atomic E-state index is -0.582. The summed E-state index contributed by atoms with van der Waals surface area (Å²) in [6.45, 7) is 0. The van der Waals surface area contributed by atoms with Crippen molar-refractivity contribution in [2.75, 3.05) is 4.90 Å². The summed E-state index contributed by atoms with van der Waals surface area (Å²) in [5.74, 6) is 1.06. The highest BCUT2D eigenvalue weighted by Gasteiger charge is 2.51. The smallest absolute Gasteiger partial charge is 0.112 e. The van der Waals surface area contributed by atoms with Gasteiger partial charge in [-0.1, -0.05) is 176 Å². The van der Waals surface area contributed by atoms with Crippen LogP contribution < -0.4 is 10.2 Å². The number of para-hydroxylation sites is 4. The summed E-state index contributed by atoms with van der Waals surface area (Å²) < 4.78 is 2.51. The van der Waals surface area contributed by atoms with Crippen molar-refractivity contribution >= 4 is 62.0 Å². The predicted octanol–water partition coefficient (Wildman–Crippen LogP) is 13.7. The quantitative estimate of drug-likeness (QED) is 0.193. The Kier molecular flexibility index (Phi) is 7.44. The molecule has 1 atom stereocenters. The lowest BCUT2D eigenvalue weighted by atomic mass is 9.62. The zero-order chi connectivity index (χ0) is 38.2. The summed E-state index contributed by atoms with van der Waals surface area (Å²) in [6.07, 6.45) is 4.71. The monoisotopic (exact) mass is 759 g/mol. The molecule has 0 saturated carbocycles. The summed E-state index contributed by atoms with van der Waals surface area (Å²) in [5, 5.41) is 6.52. The third kappa shape index (κ3) is 4.76. The van der Waals surface area contributed by atoms with Gasteiger partial charge in [-0.05, 0) is 87.5 Å². The molecule has 4 heterocycles. The SMILES string of the molecule is C1=C(c2ccccc2)C=C(n2c3ccccc3c3ccc4c(c32)Sc2ccccc2C42c3ccccc3N(c3ccccc3)c3ccccc32)NC1c1ccccc1. The van der Waals surface area contributed by atoms with Gasteiger partial charge in [0.2, 0.25) is 0 Å². The van der Waals surface area contributed by atoms with Crippen molar-refractivity contribution in [3.05, 3.63) is 246 Å². The number of allylic oxidation sites excluding steroid dienone is 2. The minimum absolute atomic E-state index is 0.0204. The normalized spacial score (nSPS) is 16.1. The van der Waals surface area contributed by atoms with Gasteiger partial charge in [-0.2, -0.15) is 0 Å². The molecule has 274 valence electrons. The van der Waals surface area contributed by atoms with Crippen LogP contribution in [0.15, 0.2) is 222 Å². The first-order valence-electron chi connectivity index (χ1n) is 20.0. The van der Waals surface area contributed by atoms with Crippen molar-refractivity contribution in [2.24, 2.45) is 0 Å². The van der Waals surface area contributed by atoms with Gasteiger partial charge in [0.1, 0.15) is 5.82 Å². The van der Waals surface area contributed by atoms with Gasteiger partial charge in [0.15, 0.2) is 0 Å². The highest BCUT2D eigenvalue weighted by atomic mass is 32.2. The molecule has 0 aliphatic carbocycles. The van der Waals surface area contributed by atoms with Crippen LogP contribution in [0.3, 0.4) is 0 Å². The molecule has 8 aromatic carbocycles. The number of benzene rings is 8. The number of aromatic nitrogens is 1. The van der Waals surface area contributed by atoms with Gasteiger partial charge in [-0.15, -0.1) is 0 Å². The highest BCUT2D eigenvalue weighted by molar-refractivity contribution is 7.99. The second-order valence-corrected chi connectivity index (χ2v) is 16.3. The van der Waals surface area contributed by atoms with E-state index in [9.17, 15) is 0 Å². The number of rotatable bonds is 4. The molecule has 0 fully saturated rings. The maximum Gasteiger partial charge on any atom is 0.112 e. The van der Waals surface area contributed by atoms with Crippen molar-refractivity contribution in [3.8, 4) is 0 Å². The van der Waals surface area contributed by atoms with E-state index in [4.69, 9.17) is 0 Å². The van der Waals surface area contributed by atoms with Crippen LogP contribution in [0.1, 0.15) is 39.4 Å². The van der Waals surface area contributed by atoms with Gasteiger partial charge >= 0.3 is 0 Å². The molecule has 0 radical (unpaired) electrons. The maximum atomic E-state index is 4.04. The molecule has 3 nitrogen and oxygen atoms in total. The lowest BCUT2D eigenvalue weighted by Crippen LogP contribution is -2.39. The predicted molar refractivity (Wildman–Crippen MR) is 241 cm³/mol. The summed E-state index contributed by atoms with van der Waals surface area (Å²) in [6, 6.07) is 73.4. The van der Waals surface area contributed by atoms with E-state index in [1.165, 1.54) is 81.9 Å². The summed E-state index contributed by atoms with van der Waals surface area (Å²) >= 11 is 1.91. The van der Waals surface area contributed by atoms with Crippen LogP contribution in [-0.2, 0) is 5.41 Å². The zero-order valence-electron chi connectivity index (χ0n) is 31.6. The average molecular weight is 760 g/mol. The first-order chi connectivity index (χ1) is 28.8. The Balaban J connectivity index is 1.18. The minimum Gasteiger partial charge on any atom is -0.361 e. The van der Waals surface area contributed by atoms with Gasteiger partial charge in [0.25, 0.3) is 0 Å². The average Bonchev–Trinajstić information content (AvgIpc) is 3.65. The Labute approximate surface area is 342 Å².